The Labute approximate surface area is 400 Å². The summed E-state index contributed by atoms with van der Waals surface area (Å²) in [5.41, 5.74) is 2.13. The van der Waals surface area contributed by atoms with Crippen molar-refractivity contribution < 1.29 is 61.8 Å². The van der Waals surface area contributed by atoms with E-state index in [1.54, 1.807) is 86.6 Å². The van der Waals surface area contributed by atoms with Gasteiger partial charge in [-0.3, -0.25) is 24.0 Å². The fraction of sp³-hybridized carbons (Fsp3) is 0.327. The van der Waals surface area contributed by atoms with Crippen molar-refractivity contribution in [2.75, 3.05) is 20.4 Å². The van der Waals surface area contributed by atoms with Crippen LogP contribution in [0.15, 0.2) is 120 Å². The summed E-state index contributed by atoms with van der Waals surface area (Å²) in [4.78, 5) is 97.8. The minimum atomic E-state index is -1.41. The van der Waals surface area contributed by atoms with Crippen LogP contribution in [0.4, 0.5) is 0 Å². The molecule has 17 nitrogen and oxygen atoms in total. The maximum atomic E-state index is 13.8. The van der Waals surface area contributed by atoms with Crippen LogP contribution in [0.3, 0.4) is 0 Å². The first-order valence-electron chi connectivity index (χ1n) is 22.7. The van der Waals surface area contributed by atoms with Gasteiger partial charge in [0.2, 0.25) is 12.3 Å². The van der Waals surface area contributed by atoms with Gasteiger partial charge >= 0.3 is 17.9 Å². The van der Waals surface area contributed by atoms with Gasteiger partial charge in [0.25, 0.3) is 11.8 Å². The maximum Gasteiger partial charge on any atom is 0.363 e. The third kappa shape index (κ3) is 15.6. The Hall–Kier alpha value is -7.95. The molecule has 5 rings (SSSR count). The number of hydrogen-bond donors (Lipinski definition) is 3. The van der Waals surface area contributed by atoms with E-state index in [1.165, 1.54) is 37.4 Å². The summed E-state index contributed by atoms with van der Waals surface area (Å²) in [6.45, 7) is 5.27. The van der Waals surface area contributed by atoms with Crippen LogP contribution in [-0.2, 0) is 46.7 Å². The second-order valence-electron chi connectivity index (χ2n) is 15.7. The van der Waals surface area contributed by atoms with Crippen LogP contribution in [0.1, 0.15) is 102 Å². The Balaban J connectivity index is 1.23. The molecule has 3 N–H and O–H groups in total. The van der Waals surface area contributed by atoms with Crippen molar-refractivity contribution in [1.82, 2.24) is 21.0 Å². The van der Waals surface area contributed by atoms with Crippen LogP contribution in [0.5, 0.6) is 11.5 Å². The maximum absolute atomic E-state index is 13.8. The first kappa shape index (κ1) is 52.0. The number of methoxy groups -OCH3 is 1. The van der Waals surface area contributed by atoms with E-state index in [9.17, 15) is 33.6 Å². The fourth-order valence-electron chi connectivity index (χ4n) is 7.20. The lowest BCUT2D eigenvalue weighted by molar-refractivity contribution is -0.171. The zero-order chi connectivity index (χ0) is 49.5. The number of hydrogen-bond acceptors (Lipinski definition) is 13. The van der Waals surface area contributed by atoms with E-state index in [4.69, 9.17) is 28.2 Å². The molecule has 17 heteroatoms. The monoisotopic (exact) mass is 946 g/mol. The number of hydroxylamine groups is 2. The molecule has 4 amide bonds. The molecular formula is C52H58N4O13. The summed E-state index contributed by atoms with van der Waals surface area (Å²) in [5.74, 6) is -4.15. The molecule has 5 aromatic rings. The molecule has 0 fully saturated rings. The molecular weight excluding hydrogens is 889 g/mol. The minimum absolute atomic E-state index is 0.0296. The zero-order valence-electron chi connectivity index (χ0n) is 39.1. The minimum Gasteiger partial charge on any atom is -0.497 e. The Morgan fingerprint density at radius 3 is 2.06 bits per heavy atom. The normalized spacial score (nSPS) is 12.0. The lowest BCUT2D eigenvalue weighted by atomic mass is 9.90. The SMILES string of the molecule is CCCCC[C@@H](C(=O)NCNC(=O)c1ccc(-c2ccc(C(=O)N[C@@H](CC(=O)OCc3ccccc3)C(=O)OCc3ccccc3)c(OCC)c2)o1)[C@@H](CC)N(C=O)OC(=O)c1ccc(OC)cc1. The predicted molar refractivity (Wildman–Crippen MR) is 252 cm³/mol. The third-order valence-corrected chi connectivity index (χ3v) is 10.9. The molecule has 0 saturated heterocycles. The highest BCUT2D eigenvalue weighted by Gasteiger charge is 2.34. The van der Waals surface area contributed by atoms with Crippen molar-refractivity contribution in [3.05, 3.63) is 143 Å². The number of furan rings is 1. The van der Waals surface area contributed by atoms with Crippen LogP contribution < -0.4 is 25.4 Å². The van der Waals surface area contributed by atoms with Gasteiger partial charge in [-0.1, -0.05) is 99.8 Å². The smallest absolute Gasteiger partial charge is 0.363 e. The van der Waals surface area contributed by atoms with Crippen LogP contribution >= 0.6 is 0 Å². The Kier molecular flexibility index (Phi) is 20.4. The summed E-state index contributed by atoms with van der Waals surface area (Å²) in [7, 11) is 1.49. The van der Waals surface area contributed by atoms with Gasteiger partial charge in [-0.25, -0.2) is 9.59 Å². The van der Waals surface area contributed by atoms with Crippen LogP contribution in [0.25, 0.3) is 11.3 Å². The molecule has 0 saturated carbocycles. The first-order valence-corrected chi connectivity index (χ1v) is 22.7. The van der Waals surface area contributed by atoms with E-state index in [0.29, 0.717) is 36.1 Å². The number of nitrogens with one attached hydrogen (secondary N) is 3. The molecule has 0 unspecified atom stereocenters. The number of carbonyl (C=O) groups excluding carboxylic acids is 7. The number of ether oxygens (including phenoxy) is 4. The van der Waals surface area contributed by atoms with E-state index in [0.717, 1.165) is 23.5 Å². The molecule has 0 aliphatic heterocycles. The Morgan fingerprint density at radius 1 is 0.754 bits per heavy atom. The zero-order valence-corrected chi connectivity index (χ0v) is 39.1. The van der Waals surface area contributed by atoms with Gasteiger partial charge in [0.15, 0.2) is 5.76 Å². The highest BCUT2D eigenvalue weighted by molar-refractivity contribution is 6.00. The number of esters is 2. The van der Waals surface area contributed by atoms with Crippen LogP contribution in [-0.4, -0.2) is 79.6 Å². The number of unbranched alkanes of at least 4 members (excludes halogenated alkanes) is 2. The largest absolute Gasteiger partial charge is 0.497 e. The molecule has 0 spiro atoms. The number of rotatable bonds is 27. The predicted octanol–water partition coefficient (Wildman–Crippen LogP) is 7.34. The van der Waals surface area contributed by atoms with E-state index in [-0.39, 0.29) is 61.3 Å². The van der Waals surface area contributed by atoms with Gasteiger partial charge in [-0.15, -0.1) is 0 Å². The van der Waals surface area contributed by atoms with E-state index >= 15 is 0 Å². The van der Waals surface area contributed by atoms with Crippen molar-refractivity contribution >= 4 is 42.0 Å². The molecule has 0 bridgehead atoms. The summed E-state index contributed by atoms with van der Waals surface area (Å²) in [6, 6.07) is 29.5. The van der Waals surface area contributed by atoms with Gasteiger partial charge in [0.05, 0.1) is 49.9 Å². The Bertz CT molecular complexity index is 2480. The standard InChI is InChI=1S/C52H58N4O13/c1-5-8-11-20-40(43(6-2)56(34-57)69-51(62)37-21-24-39(64-4)25-22-37)48(59)53-33-54-50(61)45-28-27-44(68-45)38-23-26-41(46(29-38)65-7-3)49(60)55-42(52(63)67-32-36-18-14-10-15-19-36)30-47(58)66-31-35-16-12-9-13-17-35/h9-10,12-19,21-29,34,40,42-43H,5-8,11,20,30-33H2,1-4H3,(H,53,59)(H,54,61)(H,55,60)/t40-,42+,43-/m1/s1. The summed E-state index contributed by atoms with van der Waals surface area (Å²) >= 11 is 0. The van der Waals surface area contributed by atoms with Gasteiger partial charge < -0.3 is 44.2 Å². The van der Waals surface area contributed by atoms with Crippen molar-refractivity contribution in [2.24, 2.45) is 5.92 Å². The second-order valence-corrected chi connectivity index (χ2v) is 15.7. The van der Waals surface area contributed by atoms with Crippen LogP contribution in [0, 0.1) is 5.92 Å². The lowest BCUT2D eigenvalue weighted by Crippen LogP contribution is -2.49. The summed E-state index contributed by atoms with van der Waals surface area (Å²) in [5, 5.41) is 8.82. The quantitative estimate of drug-likeness (QED) is 0.0155. The first-order chi connectivity index (χ1) is 33.5. The number of benzene rings is 4. The molecule has 69 heavy (non-hydrogen) atoms. The Morgan fingerprint density at radius 2 is 1.43 bits per heavy atom. The molecule has 4 aromatic carbocycles. The topological polar surface area (TPSA) is 218 Å². The molecule has 364 valence electrons. The number of amides is 4. The van der Waals surface area contributed by atoms with E-state index < -0.39 is 60.1 Å². The van der Waals surface area contributed by atoms with E-state index in [1.807, 2.05) is 19.1 Å². The highest BCUT2D eigenvalue weighted by Crippen LogP contribution is 2.30. The van der Waals surface area contributed by atoms with E-state index in [2.05, 4.69) is 16.0 Å². The molecule has 0 aliphatic rings. The van der Waals surface area contributed by atoms with Gasteiger partial charge in [0, 0.05) is 5.56 Å². The molecule has 0 radical (unpaired) electrons. The van der Waals surface area contributed by atoms with Crippen molar-refractivity contribution in [2.45, 2.75) is 84.6 Å². The van der Waals surface area contributed by atoms with Crippen molar-refractivity contribution in [1.29, 1.82) is 0 Å². The van der Waals surface area contributed by atoms with Gasteiger partial charge in [-0.2, -0.15) is 5.06 Å². The van der Waals surface area contributed by atoms with Gasteiger partial charge in [-0.05, 0) is 79.4 Å². The number of carbonyl (C=O) groups is 7. The van der Waals surface area contributed by atoms with Crippen molar-refractivity contribution in [3.63, 3.8) is 0 Å². The van der Waals surface area contributed by atoms with Crippen molar-refractivity contribution in [3.8, 4) is 22.8 Å². The summed E-state index contributed by atoms with van der Waals surface area (Å²) < 4.78 is 27.8. The average Bonchev–Trinajstić information content (AvgIpc) is 3.88. The van der Waals surface area contributed by atoms with Crippen LogP contribution in [0.2, 0.25) is 0 Å². The molecule has 1 aromatic heterocycles. The third-order valence-electron chi connectivity index (χ3n) is 10.9. The summed E-state index contributed by atoms with van der Waals surface area (Å²) in [6.07, 6.45) is 2.92. The average molecular weight is 947 g/mol. The highest BCUT2D eigenvalue weighted by atomic mass is 16.7. The lowest BCUT2D eigenvalue weighted by Gasteiger charge is -2.31. The van der Waals surface area contributed by atoms with Gasteiger partial charge in [0.1, 0.15) is 36.5 Å². The number of nitrogens with zero attached hydrogens (tertiary/aromatic N) is 1. The molecule has 1 heterocycles. The molecule has 0 aliphatic carbocycles. The second kappa shape index (κ2) is 27.0. The fourth-order valence-corrected chi connectivity index (χ4v) is 7.20. The molecule has 3 atom stereocenters.